The molecule has 0 unspecified atom stereocenters. The van der Waals surface area contributed by atoms with Crippen molar-refractivity contribution in [2.45, 2.75) is 26.8 Å². The summed E-state index contributed by atoms with van der Waals surface area (Å²) in [6.45, 7) is 7.11. The van der Waals surface area contributed by atoms with E-state index in [4.69, 9.17) is 16.0 Å². The number of hydrogen-bond donors (Lipinski definition) is 0. The van der Waals surface area contributed by atoms with Gasteiger partial charge in [0.2, 0.25) is 5.91 Å². The zero-order chi connectivity index (χ0) is 17.3. The molecule has 0 saturated carbocycles. The highest BCUT2D eigenvalue weighted by Crippen LogP contribution is 2.36. The van der Waals surface area contributed by atoms with E-state index in [-0.39, 0.29) is 5.91 Å². The van der Waals surface area contributed by atoms with Crippen molar-refractivity contribution >= 4 is 34.6 Å². The first-order valence-corrected chi connectivity index (χ1v) is 8.81. The molecule has 1 aliphatic rings. The van der Waals surface area contributed by atoms with Crippen molar-refractivity contribution in [2.75, 3.05) is 26.7 Å². The fraction of sp³-hybridized carbons (Fsp3) is 0.421. The molecule has 0 fully saturated rings. The van der Waals surface area contributed by atoms with Crippen molar-refractivity contribution in [1.29, 1.82) is 0 Å². The zero-order valence-corrected chi connectivity index (χ0v) is 15.2. The van der Waals surface area contributed by atoms with E-state index in [1.165, 1.54) is 0 Å². The monoisotopic (exact) mass is 346 g/mol. The van der Waals surface area contributed by atoms with Crippen LogP contribution in [0.15, 0.2) is 22.6 Å². The number of likely N-dealkylation sites (N-methyl/N-ethyl adjacent to an activating group) is 2. The second-order valence-electron chi connectivity index (χ2n) is 6.18. The van der Waals surface area contributed by atoms with Gasteiger partial charge in [-0.2, -0.15) is 0 Å². The lowest BCUT2D eigenvalue weighted by molar-refractivity contribution is -0.125. The number of hydrogen-bond acceptors (Lipinski definition) is 3. The molecule has 2 heterocycles. The van der Waals surface area contributed by atoms with Gasteiger partial charge in [-0.05, 0) is 51.1 Å². The maximum absolute atomic E-state index is 12.2. The van der Waals surface area contributed by atoms with Gasteiger partial charge < -0.3 is 14.2 Å². The van der Waals surface area contributed by atoms with Gasteiger partial charge in [-0.1, -0.05) is 11.6 Å². The summed E-state index contributed by atoms with van der Waals surface area (Å²) in [7, 11) is 2.09. The summed E-state index contributed by atoms with van der Waals surface area (Å²) in [6.07, 6.45) is 4.31. The lowest BCUT2D eigenvalue weighted by Gasteiger charge is -2.16. The average Bonchev–Trinajstić information content (AvgIpc) is 2.80. The molecule has 0 radical (unpaired) electrons. The predicted molar refractivity (Wildman–Crippen MR) is 98.2 cm³/mol. The van der Waals surface area contributed by atoms with Crippen molar-refractivity contribution in [2.24, 2.45) is 0 Å². The van der Waals surface area contributed by atoms with Crippen LogP contribution in [0.25, 0.3) is 17.0 Å². The van der Waals surface area contributed by atoms with Crippen LogP contribution >= 0.6 is 11.6 Å². The SMILES string of the molecule is CCN(CC)C(=O)C=Cc1oc2ccc(Cl)c3c2c1CN(C)CC3. The molecule has 4 nitrogen and oxygen atoms in total. The van der Waals surface area contributed by atoms with Gasteiger partial charge in [0, 0.05) is 48.2 Å². The van der Waals surface area contributed by atoms with Crippen LogP contribution in [0.1, 0.15) is 30.7 Å². The topological polar surface area (TPSA) is 36.7 Å². The molecule has 1 aromatic heterocycles. The molecule has 0 spiro atoms. The molecular weight excluding hydrogens is 324 g/mol. The highest BCUT2D eigenvalue weighted by Gasteiger charge is 2.22. The summed E-state index contributed by atoms with van der Waals surface area (Å²) in [6, 6.07) is 3.81. The summed E-state index contributed by atoms with van der Waals surface area (Å²) in [5.41, 5.74) is 3.10. The number of carbonyl (C=O) groups is 1. The molecule has 3 rings (SSSR count). The second-order valence-corrected chi connectivity index (χ2v) is 6.58. The number of carbonyl (C=O) groups excluding carboxylic acids is 1. The third-order valence-corrected chi connectivity index (χ3v) is 5.01. The van der Waals surface area contributed by atoms with Crippen molar-refractivity contribution in [3.63, 3.8) is 0 Å². The smallest absolute Gasteiger partial charge is 0.246 e. The first-order chi connectivity index (χ1) is 11.5. The highest BCUT2D eigenvalue weighted by molar-refractivity contribution is 6.32. The lowest BCUT2D eigenvalue weighted by atomic mass is 10.0. The van der Waals surface area contributed by atoms with Crippen LogP contribution in [-0.2, 0) is 17.8 Å². The fourth-order valence-corrected chi connectivity index (χ4v) is 3.55. The standard InChI is InChI=1S/C19H23ClN2O2/c1-4-22(5-2)18(23)9-8-16-14-12-21(3)11-10-13-15(20)6-7-17(24-16)19(13)14/h6-9H,4-5,10-12H2,1-3H3. The Morgan fingerprint density at radius 3 is 2.79 bits per heavy atom. The highest BCUT2D eigenvalue weighted by atomic mass is 35.5. The zero-order valence-electron chi connectivity index (χ0n) is 14.4. The molecule has 128 valence electrons. The van der Waals surface area contributed by atoms with E-state index in [9.17, 15) is 4.79 Å². The van der Waals surface area contributed by atoms with Gasteiger partial charge in [-0.15, -0.1) is 0 Å². The van der Waals surface area contributed by atoms with Crippen molar-refractivity contribution in [3.05, 3.63) is 40.1 Å². The lowest BCUT2D eigenvalue weighted by Crippen LogP contribution is -2.28. The van der Waals surface area contributed by atoms with Gasteiger partial charge in [-0.25, -0.2) is 0 Å². The minimum absolute atomic E-state index is 0.00730. The molecule has 24 heavy (non-hydrogen) atoms. The van der Waals surface area contributed by atoms with E-state index in [2.05, 4.69) is 11.9 Å². The van der Waals surface area contributed by atoms with Crippen LogP contribution in [-0.4, -0.2) is 42.4 Å². The van der Waals surface area contributed by atoms with Crippen LogP contribution in [0, 0.1) is 0 Å². The number of nitrogens with zero attached hydrogens (tertiary/aromatic N) is 2. The molecule has 0 atom stereocenters. The molecule has 5 heteroatoms. The average molecular weight is 347 g/mol. The molecule has 1 aliphatic heterocycles. The number of furan rings is 1. The summed E-state index contributed by atoms with van der Waals surface area (Å²) in [4.78, 5) is 16.3. The van der Waals surface area contributed by atoms with Gasteiger partial charge in [0.05, 0.1) is 0 Å². The number of benzene rings is 1. The number of rotatable bonds is 4. The van der Waals surface area contributed by atoms with Gasteiger partial charge in [0.25, 0.3) is 0 Å². The largest absolute Gasteiger partial charge is 0.456 e. The Hall–Kier alpha value is -1.78. The Balaban J connectivity index is 2.04. The molecule has 1 amide bonds. The minimum atomic E-state index is 0.00730. The van der Waals surface area contributed by atoms with Gasteiger partial charge in [0.15, 0.2) is 0 Å². The van der Waals surface area contributed by atoms with Crippen molar-refractivity contribution < 1.29 is 9.21 Å². The fourth-order valence-electron chi connectivity index (χ4n) is 3.30. The second kappa shape index (κ2) is 6.99. The van der Waals surface area contributed by atoms with Crippen molar-refractivity contribution in [1.82, 2.24) is 9.80 Å². The molecule has 0 aliphatic carbocycles. The van der Waals surface area contributed by atoms with Crippen LogP contribution in [0.3, 0.4) is 0 Å². The number of amides is 1. The summed E-state index contributed by atoms with van der Waals surface area (Å²) >= 11 is 6.41. The Labute approximate surface area is 147 Å². The third-order valence-electron chi connectivity index (χ3n) is 4.66. The molecule has 0 bridgehead atoms. The Morgan fingerprint density at radius 2 is 2.08 bits per heavy atom. The van der Waals surface area contributed by atoms with E-state index in [0.717, 1.165) is 52.4 Å². The first-order valence-electron chi connectivity index (χ1n) is 8.43. The van der Waals surface area contributed by atoms with E-state index in [1.807, 2.05) is 26.0 Å². The maximum Gasteiger partial charge on any atom is 0.246 e. The van der Waals surface area contributed by atoms with E-state index in [1.54, 1.807) is 17.1 Å². The van der Waals surface area contributed by atoms with E-state index >= 15 is 0 Å². The van der Waals surface area contributed by atoms with E-state index < -0.39 is 0 Å². The molecular formula is C19H23ClN2O2. The van der Waals surface area contributed by atoms with Crippen LogP contribution < -0.4 is 0 Å². The van der Waals surface area contributed by atoms with Gasteiger partial charge in [-0.3, -0.25) is 4.79 Å². The number of halogens is 1. The van der Waals surface area contributed by atoms with Crippen LogP contribution in [0.4, 0.5) is 0 Å². The Morgan fingerprint density at radius 1 is 1.33 bits per heavy atom. The van der Waals surface area contributed by atoms with E-state index in [0.29, 0.717) is 13.1 Å². The Kier molecular flexibility index (Phi) is 4.97. The molecule has 0 N–H and O–H groups in total. The normalized spacial score (nSPS) is 15.2. The van der Waals surface area contributed by atoms with Crippen molar-refractivity contribution in [3.8, 4) is 0 Å². The first kappa shape index (κ1) is 17.1. The molecule has 0 saturated heterocycles. The molecule has 1 aromatic carbocycles. The summed E-state index contributed by atoms with van der Waals surface area (Å²) in [5, 5.41) is 1.90. The van der Waals surface area contributed by atoms with Gasteiger partial charge in [0.1, 0.15) is 11.3 Å². The van der Waals surface area contributed by atoms with Gasteiger partial charge >= 0.3 is 0 Å². The summed E-state index contributed by atoms with van der Waals surface area (Å²) < 4.78 is 6.02. The predicted octanol–water partition coefficient (Wildman–Crippen LogP) is 3.96. The van der Waals surface area contributed by atoms with Crippen LogP contribution in [0.2, 0.25) is 5.02 Å². The quantitative estimate of drug-likeness (QED) is 0.786. The Bertz CT molecular complexity index is 790. The summed E-state index contributed by atoms with van der Waals surface area (Å²) in [5.74, 6) is 0.760. The third kappa shape index (κ3) is 3.08. The van der Waals surface area contributed by atoms with Crippen LogP contribution in [0.5, 0.6) is 0 Å². The maximum atomic E-state index is 12.2. The molecule has 2 aromatic rings. The minimum Gasteiger partial charge on any atom is -0.456 e.